The van der Waals surface area contributed by atoms with Gasteiger partial charge < -0.3 is 14.7 Å². The lowest BCUT2D eigenvalue weighted by atomic mass is 10.1. The molecule has 32 heavy (non-hydrogen) atoms. The Bertz CT molecular complexity index is 1150. The maximum Gasteiger partial charge on any atom is 0.323 e. The summed E-state index contributed by atoms with van der Waals surface area (Å²) in [5, 5.41) is 9.54. The first-order valence-electron chi connectivity index (χ1n) is 9.96. The number of benzene rings is 2. The number of aliphatic carboxylic acids is 1. The predicted molar refractivity (Wildman–Crippen MR) is 120 cm³/mol. The van der Waals surface area contributed by atoms with Crippen molar-refractivity contribution < 1.29 is 27.9 Å². The van der Waals surface area contributed by atoms with Crippen LogP contribution in [0.2, 0.25) is 0 Å². The minimum absolute atomic E-state index is 0.0290. The van der Waals surface area contributed by atoms with E-state index in [4.69, 9.17) is 4.74 Å². The van der Waals surface area contributed by atoms with E-state index in [1.54, 1.807) is 75.4 Å². The van der Waals surface area contributed by atoms with Crippen LogP contribution in [0, 0.1) is 0 Å². The molecule has 1 amide bonds. The number of amides is 1. The van der Waals surface area contributed by atoms with Gasteiger partial charge in [0.25, 0.3) is 15.9 Å². The van der Waals surface area contributed by atoms with E-state index < -0.39 is 34.0 Å². The van der Waals surface area contributed by atoms with Crippen LogP contribution in [0.4, 0.5) is 0 Å². The topological polar surface area (TPSA) is 104 Å². The summed E-state index contributed by atoms with van der Waals surface area (Å²) in [6.07, 6.45) is 0. The largest absolute Gasteiger partial charge is 0.497 e. The van der Waals surface area contributed by atoms with Gasteiger partial charge in [-0.25, -0.2) is 12.7 Å². The highest BCUT2D eigenvalue weighted by Gasteiger charge is 2.51. The Morgan fingerprint density at radius 3 is 2.16 bits per heavy atom. The Morgan fingerprint density at radius 2 is 1.66 bits per heavy atom. The molecular formula is C23H26N2O6S. The van der Waals surface area contributed by atoms with Crippen LogP contribution in [0.3, 0.4) is 0 Å². The third-order valence-corrected chi connectivity index (χ3v) is 7.06. The van der Waals surface area contributed by atoms with Gasteiger partial charge in [-0.05, 0) is 44.0 Å². The molecule has 2 aromatic rings. The molecule has 2 aromatic carbocycles. The van der Waals surface area contributed by atoms with E-state index in [-0.39, 0.29) is 17.1 Å². The summed E-state index contributed by atoms with van der Waals surface area (Å²) in [6, 6.07) is 15.2. The Kier molecular flexibility index (Phi) is 6.32. The molecule has 0 unspecified atom stereocenters. The number of rotatable bonds is 7. The molecule has 170 valence electrons. The van der Waals surface area contributed by atoms with Crippen molar-refractivity contribution in [1.29, 1.82) is 0 Å². The molecule has 0 saturated carbocycles. The molecule has 0 aromatic heterocycles. The Morgan fingerprint density at radius 1 is 1.06 bits per heavy atom. The van der Waals surface area contributed by atoms with Crippen LogP contribution in [0.25, 0.3) is 4.91 Å². The Balaban J connectivity index is 2.21. The average molecular weight is 459 g/mol. The molecule has 1 N–H and O–H groups in total. The van der Waals surface area contributed by atoms with E-state index >= 15 is 0 Å². The lowest BCUT2D eigenvalue weighted by molar-refractivity contribution is -0.138. The van der Waals surface area contributed by atoms with Crippen molar-refractivity contribution in [3.8, 4) is 5.75 Å². The van der Waals surface area contributed by atoms with Crippen molar-refractivity contribution in [3.63, 3.8) is 0 Å². The highest BCUT2D eigenvalue weighted by atomic mass is 32.2. The van der Waals surface area contributed by atoms with Crippen molar-refractivity contribution in [2.45, 2.75) is 32.9 Å². The summed E-state index contributed by atoms with van der Waals surface area (Å²) in [5.41, 5.74) is -0.157. The van der Waals surface area contributed by atoms with Crippen LogP contribution < -0.4 is 4.74 Å². The van der Waals surface area contributed by atoms with Gasteiger partial charge >= 0.3 is 5.97 Å². The number of carboxylic acid groups (broad SMARTS) is 1. The molecule has 8 nitrogen and oxygen atoms in total. The van der Waals surface area contributed by atoms with E-state index in [1.165, 1.54) is 12.0 Å². The second-order valence-corrected chi connectivity index (χ2v) is 10.1. The molecule has 1 aliphatic heterocycles. The molecule has 0 aliphatic carbocycles. The van der Waals surface area contributed by atoms with E-state index in [0.29, 0.717) is 16.9 Å². The summed E-state index contributed by atoms with van der Waals surface area (Å²) >= 11 is 0. The Labute approximate surface area is 187 Å². The summed E-state index contributed by atoms with van der Waals surface area (Å²) in [4.78, 5) is 26.3. The highest BCUT2D eigenvalue weighted by molar-refractivity contribution is 7.99. The zero-order valence-corrected chi connectivity index (χ0v) is 19.2. The number of hydrogen-bond donors (Lipinski definition) is 1. The number of carbonyl (C=O) groups is 2. The molecule has 0 atom stereocenters. The van der Waals surface area contributed by atoms with Crippen molar-refractivity contribution in [1.82, 2.24) is 9.21 Å². The molecular weight excluding hydrogens is 432 g/mol. The van der Waals surface area contributed by atoms with Gasteiger partial charge in [0, 0.05) is 6.54 Å². The van der Waals surface area contributed by atoms with Gasteiger partial charge in [0.15, 0.2) is 0 Å². The minimum atomic E-state index is -4.21. The smallest absolute Gasteiger partial charge is 0.323 e. The first-order chi connectivity index (χ1) is 15.0. The van der Waals surface area contributed by atoms with Crippen molar-refractivity contribution in [2.24, 2.45) is 0 Å². The normalized spacial score (nSPS) is 15.8. The molecule has 1 heterocycles. The predicted octanol–water partition coefficient (Wildman–Crippen LogP) is 2.92. The van der Waals surface area contributed by atoms with Gasteiger partial charge in [-0.2, -0.15) is 0 Å². The molecule has 1 aliphatic rings. The quantitative estimate of drug-likeness (QED) is 0.680. The third-order valence-electron chi connectivity index (χ3n) is 4.92. The summed E-state index contributed by atoms with van der Waals surface area (Å²) in [6.45, 7) is 4.36. The summed E-state index contributed by atoms with van der Waals surface area (Å²) in [5.74, 6) is -1.30. The van der Waals surface area contributed by atoms with Crippen molar-refractivity contribution >= 4 is 26.8 Å². The number of nitrogens with zero attached hydrogens (tertiary/aromatic N) is 2. The van der Waals surface area contributed by atoms with Gasteiger partial charge in [-0.3, -0.25) is 9.59 Å². The first kappa shape index (κ1) is 23.3. The van der Waals surface area contributed by atoms with Gasteiger partial charge in [0.05, 0.1) is 12.6 Å². The zero-order valence-electron chi connectivity index (χ0n) is 18.4. The van der Waals surface area contributed by atoms with Crippen molar-refractivity contribution in [2.75, 3.05) is 13.7 Å². The standard InChI is InChI=1S/C23H26N2O6S/c1-23(2,3)25-22(28)20(21(32(25,29)30)17-8-6-5-7-9-17)24(15-19(26)27)14-16-10-12-18(31-4)13-11-16/h5-13H,14-15H2,1-4H3,(H,26,27). The molecule has 9 heteroatoms. The van der Waals surface area contributed by atoms with Gasteiger partial charge in [-0.1, -0.05) is 42.5 Å². The number of carbonyl (C=O) groups excluding carboxylic acids is 1. The molecule has 0 fully saturated rings. The SMILES string of the molecule is COc1ccc(CN(CC(=O)O)C2=C(c3ccccc3)S(=O)(=O)N(C(C)(C)C)C2=O)cc1. The van der Waals surface area contributed by atoms with Crippen LogP contribution in [0.15, 0.2) is 60.3 Å². The number of hydrogen-bond acceptors (Lipinski definition) is 6. The number of sulfonamides is 1. The number of methoxy groups -OCH3 is 1. The maximum atomic E-state index is 13.5. The molecule has 0 spiro atoms. The number of ether oxygens (including phenoxy) is 1. The second-order valence-electron chi connectivity index (χ2n) is 8.39. The van der Waals surface area contributed by atoms with Crippen LogP contribution in [0.5, 0.6) is 5.75 Å². The number of carboxylic acids is 1. The first-order valence-corrected chi connectivity index (χ1v) is 11.4. The monoisotopic (exact) mass is 458 g/mol. The van der Waals surface area contributed by atoms with Gasteiger partial charge in [0.1, 0.15) is 22.9 Å². The van der Waals surface area contributed by atoms with Crippen LogP contribution in [0.1, 0.15) is 31.9 Å². The third kappa shape index (κ3) is 4.47. The highest BCUT2D eigenvalue weighted by Crippen LogP contribution is 2.41. The second kappa shape index (κ2) is 8.66. The molecule has 0 radical (unpaired) electrons. The lowest BCUT2D eigenvalue weighted by Gasteiger charge is -2.31. The average Bonchev–Trinajstić information content (AvgIpc) is 2.93. The molecule has 3 rings (SSSR count). The molecule has 0 saturated heterocycles. The summed E-state index contributed by atoms with van der Waals surface area (Å²) in [7, 11) is -2.68. The zero-order chi connectivity index (χ0) is 23.7. The van der Waals surface area contributed by atoms with Crippen LogP contribution >= 0.6 is 0 Å². The van der Waals surface area contributed by atoms with E-state index in [2.05, 4.69) is 0 Å². The fourth-order valence-corrected chi connectivity index (χ4v) is 5.77. The Hall–Kier alpha value is -3.33. The van der Waals surface area contributed by atoms with E-state index in [9.17, 15) is 23.1 Å². The van der Waals surface area contributed by atoms with E-state index in [1.807, 2.05) is 0 Å². The molecule has 0 bridgehead atoms. The van der Waals surface area contributed by atoms with Gasteiger partial charge in [-0.15, -0.1) is 0 Å². The minimum Gasteiger partial charge on any atom is -0.497 e. The lowest BCUT2D eigenvalue weighted by Crippen LogP contribution is -2.47. The summed E-state index contributed by atoms with van der Waals surface area (Å²) < 4.78 is 33.1. The van der Waals surface area contributed by atoms with E-state index in [0.717, 1.165) is 4.31 Å². The fourth-order valence-electron chi connectivity index (χ4n) is 3.66. The van der Waals surface area contributed by atoms with Crippen LogP contribution in [-0.2, 0) is 26.2 Å². The van der Waals surface area contributed by atoms with Crippen molar-refractivity contribution in [3.05, 3.63) is 71.4 Å². The van der Waals surface area contributed by atoms with Crippen LogP contribution in [-0.4, -0.2) is 53.8 Å². The fraction of sp³-hybridized carbons (Fsp3) is 0.304. The maximum absolute atomic E-state index is 13.5. The van der Waals surface area contributed by atoms with Gasteiger partial charge in [0.2, 0.25) is 0 Å².